The molecule has 4 aliphatic rings. The van der Waals surface area contributed by atoms with E-state index in [-0.39, 0.29) is 28.8 Å². The van der Waals surface area contributed by atoms with Crippen LogP contribution in [0, 0.1) is 40.4 Å². The third kappa shape index (κ3) is 5.16. The van der Waals surface area contributed by atoms with Crippen LogP contribution in [0.25, 0.3) is 0 Å². The molecule has 4 rings (SSSR count). The van der Waals surface area contributed by atoms with Gasteiger partial charge in [0.1, 0.15) is 12.2 Å². The van der Waals surface area contributed by atoms with Crippen LogP contribution in [0.3, 0.4) is 0 Å². The van der Waals surface area contributed by atoms with E-state index in [2.05, 4.69) is 13.8 Å². The summed E-state index contributed by atoms with van der Waals surface area (Å²) in [5.41, 5.74) is 0.0388. The monoisotopic (exact) mass is 491 g/mol. The lowest BCUT2D eigenvalue weighted by Crippen LogP contribution is -2.61. The molecule has 1 aliphatic heterocycles. The van der Waals surface area contributed by atoms with E-state index in [0.29, 0.717) is 42.6 Å². The van der Waals surface area contributed by atoms with E-state index < -0.39 is 12.2 Å². The minimum Gasteiger partial charge on any atom is -0.460 e. The molecule has 0 aromatic carbocycles. The van der Waals surface area contributed by atoms with E-state index in [9.17, 15) is 19.8 Å². The number of aliphatic hydroxyl groups excluding tert-OH is 2. The zero-order chi connectivity index (χ0) is 25.6. The molecule has 0 spiro atoms. The zero-order valence-electron chi connectivity index (χ0n) is 22.7. The second-order valence-electron chi connectivity index (χ2n) is 13.7. The summed E-state index contributed by atoms with van der Waals surface area (Å²) in [5.74, 6) is 2.18. The molecule has 35 heavy (non-hydrogen) atoms. The molecule has 0 bridgehead atoms. The molecule has 3 aliphatic carbocycles. The van der Waals surface area contributed by atoms with Crippen LogP contribution < -0.4 is 0 Å². The van der Waals surface area contributed by atoms with E-state index in [0.717, 1.165) is 32.2 Å². The Morgan fingerprint density at radius 1 is 1.03 bits per heavy atom. The number of aliphatic hydroxyl groups is 2. The number of rotatable bonds is 6. The lowest BCUT2D eigenvalue weighted by atomic mass is 9.45. The number of fused-ring (bicyclic) bond motifs is 5. The van der Waals surface area contributed by atoms with Crippen LogP contribution in [0.15, 0.2) is 0 Å². The second-order valence-corrected chi connectivity index (χ2v) is 13.7. The molecular formula is C29H49NO5. The van der Waals surface area contributed by atoms with Crippen molar-refractivity contribution in [3.05, 3.63) is 0 Å². The maximum Gasteiger partial charge on any atom is 0.306 e. The molecule has 8 unspecified atom stereocenters. The van der Waals surface area contributed by atoms with Gasteiger partial charge in [0.2, 0.25) is 5.91 Å². The predicted octanol–water partition coefficient (Wildman–Crippen LogP) is 4.56. The molecule has 6 heteroatoms. The van der Waals surface area contributed by atoms with Gasteiger partial charge in [-0.25, -0.2) is 0 Å². The first kappa shape index (κ1) is 26.9. The SMILES string of the molecule is CC(C)(C)OC(=O)CCCCC1CCC2C3C(O)CC4CN(C(=O)CO)CCC4(C)C3CCC12C. The van der Waals surface area contributed by atoms with E-state index in [4.69, 9.17) is 4.74 Å². The van der Waals surface area contributed by atoms with Crippen LogP contribution in [-0.4, -0.2) is 58.4 Å². The Hall–Kier alpha value is -1.14. The molecule has 0 aromatic rings. The fourth-order valence-electron chi connectivity index (χ4n) is 8.89. The van der Waals surface area contributed by atoms with E-state index in [1.165, 1.54) is 32.1 Å². The molecule has 3 saturated carbocycles. The molecule has 8 atom stereocenters. The number of likely N-dealkylation sites (tertiary alicyclic amines) is 1. The second kappa shape index (κ2) is 9.96. The van der Waals surface area contributed by atoms with Crippen molar-refractivity contribution in [2.75, 3.05) is 19.7 Å². The molecule has 6 nitrogen and oxygen atoms in total. The number of carbonyl (C=O) groups is 2. The minimum absolute atomic E-state index is 0.0895. The summed E-state index contributed by atoms with van der Waals surface area (Å²) in [6.45, 7) is 11.7. The van der Waals surface area contributed by atoms with Gasteiger partial charge in [-0.05, 0) is 113 Å². The molecule has 0 radical (unpaired) electrons. The van der Waals surface area contributed by atoms with Crippen molar-refractivity contribution in [2.45, 2.75) is 111 Å². The third-order valence-electron chi connectivity index (χ3n) is 10.7. The highest BCUT2D eigenvalue weighted by atomic mass is 16.6. The molecule has 0 aromatic heterocycles. The first-order chi connectivity index (χ1) is 16.4. The lowest BCUT2D eigenvalue weighted by molar-refractivity contribution is -0.175. The smallest absolute Gasteiger partial charge is 0.306 e. The molecule has 2 N–H and O–H groups in total. The van der Waals surface area contributed by atoms with Crippen molar-refractivity contribution in [1.82, 2.24) is 4.90 Å². The van der Waals surface area contributed by atoms with Gasteiger partial charge in [-0.1, -0.05) is 20.3 Å². The highest BCUT2D eigenvalue weighted by molar-refractivity contribution is 5.77. The Morgan fingerprint density at radius 2 is 1.74 bits per heavy atom. The third-order valence-corrected chi connectivity index (χ3v) is 10.7. The molecule has 1 saturated heterocycles. The van der Waals surface area contributed by atoms with E-state index in [1.807, 2.05) is 25.7 Å². The fraction of sp³-hybridized carbons (Fsp3) is 0.931. The van der Waals surface area contributed by atoms with Crippen molar-refractivity contribution in [3.63, 3.8) is 0 Å². The van der Waals surface area contributed by atoms with Gasteiger partial charge in [-0.2, -0.15) is 0 Å². The maximum absolute atomic E-state index is 12.1. The molecule has 4 fully saturated rings. The Labute approximate surface area is 212 Å². The van der Waals surface area contributed by atoms with Gasteiger partial charge in [0.25, 0.3) is 0 Å². The van der Waals surface area contributed by atoms with Gasteiger partial charge in [0.05, 0.1) is 6.10 Å². The van der Waals surface area contributed by atoms with Gasteiger partial charge in [-0.15, -0.1) is 0 Å². The number of nitrogens with zero attached hydrogens (tertiary/aromatic N) is 1. The molecule has 200 valence electrons. The summed E-state index contributed by atoms with van der Waals surface area (Å²) in [4.78, 5) is 26.0. The number of ether oxygens (including phenoxy) is 1. The summed E-state index contributed by atoms with van der Waals surface area (Å²) in [6.07, 6.45) is 9.94. The average Bonchev–Trinajstić information content (AvgIpc) is 3.11. The molecule has 1 heterocycles. The first-order valence-corrected chi connectivity index (χ1v) is 14.2. The Bertz CT molecular complexity index is 792. The zero-order valence-corrected chi connectivity index (χ0v) is 22.7. The van der Waals surface area contributed by atoms with Crippen molar-refractivity contribution >= 4 is 11.9 Å². The topological polar surface area (TPSA) is 87.1 Å². The number of piperidine rings is 1. The largest absolute Gasteiger partial charge is 0.460 e. The normalized spacial score (nSPS) is 41.1. The number of unbranched alkanes of at least 4 members (excludes halogenated alkanes) is 1. The van der Waals surface area contributed by atoms with Crippen molar-refractivity contribution < 1.29 is 24.5 Å². The van der Waals surface area contributed by atoms with Crippen LogP contribution in [0.1, 0.15) is 98.8 Å². The van der Waals surface area contributed by atoms with Crippen LogP contribution in [0.2, 0.25) is 0 Å². The Balaban J connectivity index is 1.37. The summed E-state index contributed by atoms with van der Waals surface area (Å²) in [5, 5.41) is 20.8. The summed E-state index contributed by atoms with van der Waals surface area (Å²) in [6, 6.07) is 0. The highest BCUT2D eigenvalue weighted by Crippen LogP contribution is 2.67. The Kier molecular flexibility index (Phi) is 7.66. The van der Waals surface area contributed by atoms with Gasteiger partial charge in [-0.3, -0.25) is 9.59 Å². The summed E-state index contributed by atoms with van der Waals surface area (Å²) in [7, 11) is 0. The number of carbonyl (C=O) groups excluding carboxylic acids is 2. The molecular weight excluding hydrogens is 442 g/mol. The van der Waals surface area contributed by atoms with E-state index >= 15 is 0 Å². The van der Waals surface area contributed by atoms with Gasteiger partial charge >= 0.3 is 5.97 Å². The first-order valence-electron chi connectivity index (χ1n) is 14.2. The summed E-state index contributed by atoms with van der Waals surface area (Å²) < 4.78 is 5.46. The van der Waals surface area contributed by atoms with Gasteiger partial charge in [0.15, 0.2) is 0 Å². The fourth-order valence-corrected chi connectivity index (χ4v) is 8.89. The minimum atomic E-state index is -0.419. The van der Waals surface area contributed by atoms with Crippen LogP contribution >= 0.6 is 0 Å². The maximum atomic E-state index is 12.1. The van der Waals surface area contributed by atoms with E-state index in [1.54, 1.807) is 0 Å². The standard InChI is InChI=1S/C29H49NO5/c1-27(2,3)35-25(34)9-7-6-8-19-10-11-21-26-22(12-13-28(19,21)4)29(5)14-15-30(24(33)18-31)17-20(29)16-23(26)32/h19-23,26,31-32H,6-18H2,1-5H3. The van der Waals surface area contributed by atoms with Crippen molar-refractivity contribution in [1.29, 1.82) is 0 Å². The van der Waals surface area contributed by atoms with Crippen molar-refractivity contribution in [3.8, 4) is 0 Å². The number of hydrogen-bond donors (Lipinski definition) is 2. The van der Waals surface area contributed by atoms with Crippen LogP contribution in [0.5, 0.6) is 0 Å². The van der Waals surface area contributed by atoms with Crippen LogP contribution in [0.4, 0.5) is 0 Å². The average molecular weight is 492 g/mol. The number of esters is 1. The summed E-state index contributed by atoms with van der Waals surface area (Å²) >= 11 is 0. The number of amides is 1. The van der Waals surface area contributed by atoms with Crippen LogP contribution in [-0.2, 0) is 14.3 Å². The lowest BCUT2D eigenvalue weighted by Gasteiger charge is -2.62. The number of hydrogen-bond acceptors (Lipinski definition) is 5. The molecule has 1 amide bonds. The van der Waals surface area contributed by atoms with Gasteiger partial charge in [0, 0.05) is 19.5 Å². The highest BCUT2D eigenvalue weighted by Gasteiger charge is 2.62. The van der Waals surface area contributed by atoms with Gasteiger partial charge < -0.3 is 19.8 Å². The van der Waals surface area contributed by atoms with Crippen molar-refractivity contribution in [2.24, 2.45) is 40.4 Å². The predicted molar refractivity (Wildman–Crippen MR) is 135 cm³/mol. The Morgan fingerprint density at radius 3 is 2.43 bits per heavy atom. The quantitative estimate of drug-likeness (QED) is 0.420.